The Balaban J connectivity index is 2.09. The number of carbonyl (C=O) groups excluding carboxylic acids is 1. The van der Waals surface area contributed by atoms with Crippen molar-refractivity contribution < 1.29 is 18.3 Å². The molecule has 2 aliphatic carbocycles. The van der Waals surface area contributed by atoms with Gasteiger partial charge in [0.25, 0.3) is 0 Å². The summed E-state index contributed by atoms with van der Waals surface area (Å²) in [6, 6.07) is 5.68. The molecule has 1 saturated carbocycles. The lowest BCUT2D eigenvalue weighted by Crippen LogP contribution is -2.40. The Morgan fingerprint density at radius 3 is 2.50 bits per heavy atom. The van der Waals surface area contributed by atoms with Crippen LogP contribution in [0, 0.1) is 11.7 Å². The number of alkyl halides is 1. The Labute approximate surface area is 128 Å². The maximum atomic E-state index is 15.5. The minimum Gasteiger partial charge on any atom is -0.494 e. The molecule has 1 fully saturated rings. The maximum absolute atomic E-state index is 15.5. The van der Waals surface area contributed by atoms with E-state index in [0.29, 0.717) is 17.8 Å². The second kappa shape index (κ2) is 5.67. The van der Waals surface area contributed by atoms with E-state index in [1.807, 2.05) is 6.08 Å². The summed E-state index contributed by atoms with van der Waals surface area (Å²) in [6.07, 6.45) is 5.73. The fourth-order valence-corrected chi connectivity index (χ4v) is 3.10. The van der Waals surface area contributed by atoms with E-state index >= 15 is 4.39 Å². The number of halogens is 2. The van der Waals surface area contributed by atoms with Gasteiger partial charge in [-0.2, -0.15) is 0 Å². The molecule has 0 aliphatic heterocycles. The molecule has 1 aromatic rings. The number of ether oxygens (including phenoxy) is 1. The van der Waals surface area contributed by atoms with E-state index in [2.05, 4.69) is 0 Å². The largest absolute Gasteiger partial charge is 0.494 e. The van der Waals surface area contributed by atoms with Crippen molar-refractivity contribution in [2.75, 3.05) is 6.61 Å². The number of aldehydes is 1. The van der Waals surface area contributed by atoms with Gasteiger partial charge in [-0.15, -0.1) is 0 Å². The van der Waals surface area contributed by atoms with Gasteiger partial charge in [0, 0.05) is 0 Å². The molecule has 22 heavy (non-hydrogen) atoms. The van der Waals surface area contributed by atoms with Gasteiger partial charge in [-0.05, 0) is 49.5 Å². The number of benzene rings is 1. The Kier molecular flexibility index (Phi) is 3.85. The number of allylic oxidation sites excluding steroid dienone is 4. The average molecular weight is 304 g/mol. The molecule has 2 aliphatic rings. The molecule has 116 valence electrons. The van der Waals surface area contributed by atoms with Crippen LogP contribution in [0.5, 0.6) is 0 Å². The van der Waals surface area contributed by atoms with Gasteiger partial charge in [-0.3, -0.25) is 4.79 Å². The van der Waals surface area contributed by atoms with E-state index in [1.54, 1.807) is 25.1 Å². The van der Waals surface area contributed by atoms with Crippen molar-refractivity contribution in [2.24, 2.45) is 5.92 Å². The number of carbonyl (C=O) groups is 1. The van der Waals surface area contributed by atoms with Crippen molar-refractivity contribution in [1.29, 1.82) is 0 Å². The van der Waals surface area contributed by atoms with Crippen LogP contribution in [0.15, 0.2) is 47.7 Å². The fraction of sp³-hybridized carbons (Fsp3) is 0.389. The first-order valence-corrected chi connectivity index (χ1v) is 7.56. The highest BCUT2D eigenvalue weighted by Crippen LogP contribution is 2.52. The summed E-state index contributed by atoms with van der Waals surface area (Å²) in [5.41, 5.74) is -0.746. The lowest BCUT2D eigenvalue weighted by atomic mass is 9.73. The van der Waals surface area contributed by atoms with Gasteiger partial charge < -0.3 is 4.74 Å². The molecule has 2 atom stereocenters. The predicted octanol–water partition coefficient (Wildman–Crippen LogP) is 4.09. The van der Waals surface area contributed by atoms with Crippen molar-refractivity contribution in [3.63, 3.8) is 0 Å². The molecule has 1 aromatic carbocycles. The van der Waals surface area contributed by atoms with Crippen LogP contribution in [-0.2, 0) is 9.53 Å². The van der Waals surface area contributed by atoms with E-state index in [0.717, 1.165) is 18.4 Å². The first kappa shape index (κ1) is 14.9. The van der Waals surface area contributed by atoms with Gasteiger partial charge in [-0.1, -0.05) is 23.8 Å². The van der Waals surface area contributed by atoms with Gasteiger partial charge in [0.05, 0.1) is 12.5 Å². The summed E-state index contributed by atoms with van der Waals surface area (Å²) < 4.78 is 34.1. The maximum Gasteiger partial charge on any atom is 0.232 e. The van der Waals surface area contributed by atoms with E-state index in [4.69, 9.17) is 4.74 Å². The fourth-order valence-electron chi connectivity index (χ4n) is 3.10. The standard InChI is InChI=1S/C18H18F2O2/c1-2-22-16-10-9-15(12-3-4-12)17(18(16,20)11-21)13-5-7-14(19)8-6-13/h5-12,17H,2-4H2,1H3. The van der Waals surface area contributed by atoms with E-state index in [1.165, 1.54) is 12.1 Å². The van der Waals surface area contributed by atoms with Crippen molar-refractivity contribution in [3.05, 3.63) is 59.1 Å². The van der Waals surface area contributed by atoms with Crippen LogP contribution in [0.4, 0.5) is 8.78 Å². The summed E-state index contributed by atoms with van der Waals surface area (Å²) in [4.78, 5) is 11.6. The first-order valence-electron chi connectivity index (χ1n) is 7.56. The molecule has 0 radical (unpaired) electrons. The number of rotatable bonds is 5. The topological polar surface area (TPSA) is 26.3 Å². The highest BCUT2D eigenvalue weighted by molar-refractivity contribution is 5.73. The molecule has 2 unspecified atom stereocenters. The second-order valence-electron chi connectivity index (χ2n) is 5.78. The van der Waals surface area contributed by atoms with E-state index < -0.39 is 11.6 Å². The SMILES string of the molecule is CCOC1=CC=C(C2CC2)C(c2ccc(F)cc2)C1(F)C=O. The van der Waals surface area contributed by atoms with Crippen LogP contribution < -0.4 is 0 Å². The Bertz CT molecular complexity index is 629. The second-order valence-corrected chi connectivity index (χ2v) is 5.78. The van der Waals surface area contributed by atoms with Gasteiger partial charge in [0.15, 0.2) is 6.29 Å². The third kappa shape index (κ3) is 2.47. The molecule has 0 heterocycles. The zero-order valence-corrected chi connectivity index (χ0v) is 12.4. The molecular weight excluding hydrogens is 286 g/mol. The van der Waals surface area contributed by atoms with E-state index in [-0.39, 0.29) is 18.2 Å². The third-order valence-electron chi connectivity index (χ3n) is 4.28. The first-order chi connectivity index (χ1) is 10.6. The molecule has 0 N–H and O–H groups in total. The summed E-state index contributed by atoms with van der Waals surface area (Å²) >= 11 is 0. The molecule has 0 bridgehead atoms. The minimum absolute atomic E-state index is 0.0312. The summed E-state index contributed by atoms with van der Waals surface area (Å²) in [6.45, 7) is 2.03. The summed E-state index contributed by atoms with van der Waals surface area (Å²) in [5, 5.41) is 0. The lowest BCUT2D eigenvalue weighted by Gasteiger charge is -2.35. The zero-order valence-electron chi connectivity index (χ0n) is 12.4. The van der Waals surface area contributed by atoms with Crippen LogP contribution in [0.1, 0.15) is 31.2 Å². The lowest BCUT2D eigenvalue weighted by molar-refractivity contribution is -0.119. The molecule has 0 amide bonds. The van der Waals surface area contributed by atoms with Crippen molar-refractivity contribution in [1.82, 2.24) is 0 Å². The molecule has 4 heteroatoms. The quantitative estimate of drug-likeness (QED) is 0.766. The summed E-state index contributed by atoms with van der Waals surface area (Å²) in [5.74, 6) is -0.800. The van der Waals surface area contributed by atoms with Crippen molar-refractivity contribution in [2.45, 2.75) is 31.4 Å². The van der Waals surface area contributed by atoms with Gasteiger partial charge in [-0.25, -0.2) is 8.78 Å². The van der Waals surface area contributed by atoms with Crippen LogP contribution in [-0.4, -0.2) is 18.6 Å². The highest BCUT2D eigenvalue weighted by atomic mass is 19.1. The van der Waals surface area contributed by atoms with Crippen LogP contribution in [0.25, 0.3) is 0 Å². The highest BCUT2D eigenvalue weighted by Gasteiger charge is 2.51. The van der Waals surface area contributed by atoms with Gasteiger partial charge in [0.2, 0.25) is 5.67 Å². The Morgan fingerprint density at radius 2 is 1.95 bits per heavy atom. The molecule has 0 spiro atoms. The smallest absolute Gasteiger partial charge is 0.232 e. The molecule has 2 nitrogen and oxygen atoms in total. The van der Waals surface area contributed by atoms with Crippen LogP contribution >= 0.6 is 0 Å². The zero-order chi connectivity index (χ0) is 15.7. The van der Waals surface area contributed by atoms with Crippen molar-refractivity contribution in [3.8, 4) is 0 Å². The summed E-state index contributed by atoms with van der Waals surface area (Å²) in [7, 11) is 0. The minimum atomic E-state index is -2.24. The normalized spacial score (nSPS) is 27.9. The van der Waals surface area contributed by atoms with Gasteiger partial charge >= 0.3 is 0 Å². The molecule has 0 saturated heterocycles. The molecule has 3 rings (SSSR count). The number of hydrogen-bond acceptors (Lipinski definition) is 2. The van der Waals surface area contributed by atoms with Crippen LogP contribution in [0.2, 0.25) is 0 Å². The monoisotopic (exact) mass is 304 g/mol. The molecular formula is C18H18F2O2. The predicted molar refractivity (Wildman–Crippen MR) is 79.6 cm³/mol. The number of hydrogen-bond donors (Lipinski definition) is 0. The Morgan fingerprint density at radius 1 is 1.27 bits per heavy atom. The molecule has 0 aromatic heterocycles. The van der Waals surface area contributed by atoms with Crippen LogP contribution in [0.3, 0.4) is 0 Å². The van der Waals surface area contributed by atoms with Gasteiger partial charge in [0.1, 0.15) is 11.6 Å². The van der Waals surface area contributed by atoms with E-state index in [9.17, 15) is 9.18 Å². The third-order valence-corrected chi connectivity index (χ3v) is 4.28. The van der Waals surface area contributed by atoms with Crippen molar-refractivity contribution >= 4 is 6.29 Å². The Hall–Kier alpha value is -1.97. The average Bonchev–Trinajstić information content (AvgIpc) is 3.35.